The Morgan fingerprint density at radius 3 is 2.96 bits per heavy atom. The molecule has 1 aliphatic carbocycles. The van der Waals surface area contributed by atoms with Crippen LogP contribution in [0.2, 0.25) is 0 Å². The van der Waals surface area contributed by atoms with Crippen molar-refractivity contribution in [3.05, 3.63) is 42.6 Å². The summed E-state index contributed by atoms with van der Waals surface area (Å²) in [6.45, 7) is 2.70. The lowest BCUT2D eigenvalue weighted by molar-refractivity contribution is -0.140. The van der Waals surface area contributed by atoms with Gasteiger partial charge < -0.3 is 10.8 Å². The molecule has 1 fully saturated rings. The van der Waals surface area contributed by atoms with Crippen LogP contribution < -0.4 is 5.73 Å². The Hall–Kier alpha value is -2.21. The largest absolute Gasteiger partial charge is 0.481 e. The van der Waals surface area contributed by atoms with Gasteiger partial charge in [-0.15, -0.1) is 0 Å². The van der Waals surface area contributed by atoms with Crippen molar-refractivity contribution in [1.82, 2.24) is 14.5 Å². The summed E-state index contributed by atoms with van der Waals surface area (Å²) in [6.07, 6.45) is 7.59. The predicted octanol–water partition coefficient (Wildman–Crippen LogP) is 1.98. The Balaban J connectivity index is 1.84. The molecule has 23 heavy (non-hydrogen) atoms. The Labute approximate surface area is 135 Å². The number of nitrogens with two attached hydrogens (primary N) is 1. The number of carboxylic acid groups (broad SMARTS) is 1. The summed E-state index contributed by atoms with van der Waals surface area (Å²) in [4.78, 5) is 20.5. The van der Waals surface area contributed by atoms with Gasteiger partial charge in [0, 0.05) is 12.4 Å². The lowest BCUT2D eigenvalue weighted by Gasteiger charge is -2.14. The highest BCUT2D eigenvalue weighted by Gasteiger charge is 2.63. The monoisotopic (exact) mass is 314 g/mol. The fourth-order valence-corrected chi connectivity index (χ4v) is 3.32. The molecule has 0 spiro atoms. The lowest BCUT2D eigenvalue weighted by atomic mass is 9.92. The number of aromatic nitrogens is 3. The number of rotatable bonds is 7. The van der Waals surface area contributed by atoms with Gasteiger partial charge in [0.1, 0.15) is 17.6 Å². The smallest absolute Gasteiger partial charge is 0.316 e. The molecule has 0 bridgehead atoms. The molecule has 3 N–H and O–H groups in total. The standard InChI is InChI=1S/C17H22N4O2/c1-2-12(9-18)7-13-8-17(13,16(22)23)14-10-21(11-20-14)15-5-3-4-6-19-15/h3-6,10-13H,2,7-9,18H2,1H3,(H,22,23)/t12?,13-,17+/m0/s1. The van der Waals surface area contributed by atoms with Gasteiger partial charge in [0.25, 0.3) is 0 Å². The van der Waals surface area contributed by atoms with Gasteiger partial charge >= 0.3 is 5.97 Å². The van der Waals surface area contributed by atoms with Crippen molar-refractivity contribution in [2.75, 3.05) is 6.54 Å². The number of hydrogen-bond donors (Lipinski definition) is 2. The zero-order valence-electron chi connectivity index (χ0n) is 13.2. The molecule has 2 aromatic heterocycles. The van der Waals surface area contributed by atoms with Crippen molar-refractivity contribution < 1.29 is 9.90 Å². The second-order valence-electron chi connectivity index (χ2n) is 6.28. The van der Waals surface area contributed by atoms with Gasteiger partial charge in [-0.05, 0) is 43.4 Å². The third-order valence-electron chi connectivity index (χ3n) is 4.97. The van der Waals surface area contributed by atoms with Gasteiger partial charge in [0.05, 0.1) is 5.69 Å². The molecule has 1 saturated carbocycles. The van der Waals surface area contributed by atoms with Crippen LogP contribution in [0.15, 0.2) is 36.9 Å². The fraction of sp³-hybridized carbons (Fsp3) is 0.471. The normalized spacial score (nSPS) is 24.3. The maximum Gasteiger partial charge on any atom is 0.316 e. The van der Waals surface area contributed by atoms with Crippen LogP contribution in [0.4, 0.5) is 0 Å². The molecule has 3 atom stereocenters. The Morgan fingerprint density at radius 1 is 1.52 bits per heavy atom. The summed E-state index contributed by atoms with van der Waals surface area (Å²) in [5.74, 6) is 0.428. The SMILES string of the molecule is CCC(CN)C[C@H]1C[C@]1(C(=O)O)c1cn(-c2ccccn2)cn1. The number of nitrogens with zero attached hydrogens (tertiary/aromatic N) is 3. The Morgan fingerprint density at radius 2 is 2.35 bits per heavy atom. The van der Waals surface area contributed by atoms with E-state index in [0.29, 0.717) is 24.6 Å². The van der Waals surface area contributed by atoms with E-state index < -0.39 is 11.4 Å². The average Bonchev–Trinajstić information content (AvgIpc) is 3.09. The van der Waals surface area contributed by atoms with Crippen LogP contribution in [0.3, 0.4) is 0 Å². The van der Waals surface area contributed by atoms with Crippen LogP contribution in [0.1, 0.15) is 31.9 Å². The summed E-state index contributed by atoms with van der Waals surface area (Å²) < 4.78 is 1.77. The van der Waals surface area contributed by atoms with Crippen LogP contribution in [-0.4, -0.2) is 32.2 Å². The van der Waals surface area contributed by atoms with Crippen molar-refractivity contribution in [3.8, 4) is 5.82 Å². The van der Waals surface area contributed by atoms with Gasteiger partial charge in [0.15, 0.2) is 0 Å². The summed E-state index contributed by atoms with van der Waals surface area (Å²) in [7, 11) is 0. The molecule has 6 heteroatoms. The van der Waals surface area contributed by atoms with Gasteiger partial charge in [0.2, 0.25) is 0 Å². The number of imidazole rings is 1. The molecular weight excluding hydrogens is 292 g/mol. The first-order valence-electron chi connectivity index (χ1n) is 8.01. The molecule has 1 unspecified atom stereocenters. The van der Waals surface area contributed by atoms with Crippen molar-refractivity contribution in [3.63, 3.8) is 0 Å². The summed E-state index contributed by atoms with van der Waals surface area (Å²) in [5, 5.41) is 9.77. The number of carboxylic acids is 1. The van der Waals surface area contributed by atoms with E-state index in [1.807, 2.05) is 18.2 Å². The van der Waals surface area contributed by atoms with Crippen LogP contribution in [0, 0.1) is 11.8 Å². The minimum Gasteiger partial charge on any atom is -0.481 e. The zero-order valence-corrected chi connectivity index (χ0v) is 13.2. The lowest BCUT2D eigenvalue weighted by Crippen LogP contribution is -2.25. The van der Waals surface area contributed by atoms with Gasteiger partial charge in [-0.25, -0.2) is 9.97 Å². The molecule has 3 rings (SSSR count). The summed E-state index contributed by atoms with van der Waals surface area (Å²) in [6, 6.07) is 5.60. The van der Waals surface area contributed by atoms with Crippen molar-refractivity contribution in [2.24, 2.45) is 17.6 Å². The van der Waals surface area contributed by atoms with E-state index in [1.54, 1.807) is 23.3 Å². The number of pyridine rings is 1. The summed E-state index contributed by atoms with van der Waals surface area (Å²) >= 11 is 0. The molecule has 0 radical (unpaired) electrons. The molecule has 122 valence electrons. The third kappa shape index (κ3) is 2.74. The molecule has 2 heterocycles. The van der Waals surface area contributed by atoms with Crippen LogP contribution >= 0.6 is 0 Å². The topological polar surface area (TPSA) is 94.0 Å². The summed E-state index contributed by atoms with van der Waals surface area (Å²) in [5.41, 5.74) is 5.53. The number of aliphatic carboxylic acids is 1. The van der Waals surface area contributed by atoms with Gasteiger partial charge in [-0.1, -0.05) is 19.4 Å². The quantitative estimate of drug-likeness (QED) is 0.815. The molecule has 6 nitrogen and oxygen atoms in total. The van der Waals surface area contributed by atoms with E-state index in [1.165, 1.54) is 0 Å². The second-order valence-corrected chi connectivity index (χ2v) is 6.28. The minimum absolute atomic E-state index is 0.112. The first kappa shape index (κ1) is 15.7. The minimum atomic E-state index is -0.859. The van der Waals surface area contributed by atoms with E-state index in [4.69, 9.17) is 5.73 Å². The van der Waals surface area contributed by atoms with Crippen LogP contribution in [0.5, 0.6) is 0 Å². The van der Waals surface area contributed by atoms with Crippen LogP contribution in [-0.2, 0) is 10.2 Å². The molecular formula is C17H22N4O2. The van der Waals surface area contributed by atoms with Crippen molar-refractivity contribution >= 4 is 5.97 Å². The van der Waals surface area contributed by atoms with Crippen LogP contribution in [0.25, 0.3) is 5.82 Å². The highest BCUT2D eigenvalue weighted by molar-refractivity contribution is 5.85. The Bertz CT molecular complexity index is 681. The number of hydrogen-bond acceptors (Lipinski definition) is 4. The van der Waals surface area contributed by atoms with Crippen molar-refractivity contribution in [2.45, 2.75) is 31.6 Å². The highest BCUT2D eigenvalue weighted by Crippen LogP contribution is 2.57. The van der Waals surface area contributed by atoms with E-state index in [0.717, 1.165) is 18.7 Å². The molecule has 0 saturated heterocycles. The molecule has 0 aliphatic heterocycles. The van der Waals surface area contributed by atoms with Gasteiger partial charge in [-0.2, -0.15) is 0 Å². The van der Waals surface area contributed by atoms with E-state index in [-0.39, 0.29) is 5.92 Å². The fourth-order valence-electron chi connectivity index (χ4n) is 3.32. The zero-order chi connectivity index (χ0) is 16.4. The maximum atomic E-state index is 11.9. The van der Waals surface area contributed by atoms with E-state index in [9.17, 15) is 9.90 Å². The predicted molar refractivity (Wildman–Crippen MR) is 86.2 cm³/mol. The molecule has 2 aromatic rings. The Kier molecular flexibility index (Phi) is 4.17. The highest BCUT2D eigenvalue weighted by atomic mass is 16.4. The first-order valence-corrected chi connectivity index (χ1v) is 8.01. The van der Waals surface area contributed by atoms with E-state index >= 15 is 0 Å². The molecule has 1 aliphatic rings. The number of carbonyl (C=O) groups is 1. The second kappa shape index (κ2) is 6.12. The van der Waals surface area contributed by atoms with E-state index in [2.05, 4.69) is 16.9 Å². The van der Waals surface area contributed by atoms with Crippen molar-refractivity contribution in [1.29, 1.82) is 0 Å². The average molecular weight is 314 g/mol. The third-order valence-corrected chi connectivity index (χ3v) is 4.97. The molecule has 0 aromatic carbocycles. The molecule has 0 amide bonds. The first-order chi connectivity index (χ1) is 11.1. The van der Waals surface area contributed by atoms with Gasteiger partial charge in [-0.3, -0.25) is 9.36 Å². The maximum absolute atomic E-state index is 11.9.